The second-order valence-electron chi connectivity index (χ2n) is 8.04. The number of fused-ring (bicyclic) bond motifs is 1. The highest BCUT2D eigenvalue weighted by Gasteiger charge is 2.27. The second-order valence-corrected chi connectivity index (χ2v) is 8.04. The molecule has 5 rings (SSSR count). The van der Waals surface area contributed by atoms with E-state index in [-0.39, 0.29) is 29.8 Å². The number of carbonyl (C=O) groups excluding carboxylic acids is 1. The van der Waals surface area contributed by atoms with Crippen molar-refractivity contribution in [2.45, 2.75) is 25.4 Å². The molecule has 164 valence electrons. The number of pyridine rings is 2. The molecule has 4 N–H and O–H groups in total. The number of hydrogen-bond donors (Lipinski definition) is 3. The van der Waals surface area contributed by atoms with Crippen LogP contribution in [0.4, 0.5) is 26.0 Å². The first-order valence-corrected chi connectivity index (χ1v) is 10.5. The first-order chi connectivity index (χ1) is 15.5. The van der Waals surface area contributed by atoms with Crippen LogP contribution in [0.2, 0.25) is 0 Å². The summed E-state index contributed by atoms with van der Waals surface area (Å²) in [5.74, 6) is -1.69. The maximum Gasteiger partial charge on any atom is 0.255 e. The summed E-state index contributed by atoms with van der Waals surface area (Å²) < 4.78 is 28.1. The molecule has 1 amide bonds. The minimum Gasteiger partial charge on any atom is -0.369 e. The Balaban J connectivity index is 1.47. The van der Waals surface area contributed by atoms with Gasteiger partial charge in [0.2, 0.25) is 0 Å². The van der Waals surface area contributed by atoms with Crippen LogP contribution in [-0.4, -0.2) is 35.0 Å². The van der Waals surface area contributed by atoms with Gasteiger partial charge in [0.25, 0.3) is 5.91 Å². The van der Waals surface area contributed by atoms with Crippen molar-refractivity contribution in [1.29, 1.82) is 0 Å². The molecular formula is C23H22F2N6O. The van der Waals surface area contributed by atoms with E-state index in [4.69, 9.17) is 5.73 Å². The average molecular weight is 436 g/mol. The Hall–Kier alpha value is -3.59. The van der Waals surface area contributed by atoms with Gasteiger partial charge in [-0.25, -0.2) is 18.7 Å². The minimum atomic E-state index is -0.981. The second kappa shape index (κ2) is 8.16. The molecule has 3 aromatic rings. The van der Waals surface area contributed by atoms with E-state index < -0.39 is 11.6 Å². The number of anilines is 3. The zero-order valence-electron chi connectivity index (χ0n) is 17.2. The highest BCUT2D eigenvalue weighted by atomic mass is 19.2. The monoisotopic (exact) mass is 436 g/mol. The fourth-order valence-electron chi connectivity index (χ4n) is 4.20. The van der Waals surface area contributed by atoms with Crippen molar-refractivity contribution in [1.82, 2.24) is 15.3 Å². The predicted molar refractivity (Wildman–Crippen MR) is 118 cm³/mol. The Kier molecular flexibility index (Phi) is 5.18. The summed E-state index contributed by atoms with van der Waals surface area (Å²) in [6.07, 6.45) is 3.82. The van der Waals surface area contributed by atoms with Gasteiger partial charge in [-0.15, -0.1) is 0 Å². The molecule has 7 nitrogen and oxygen atoms in total. The standard InChI is InChI=1S/C23H22F2N6O/c24-16-5-1-4-15(22(16)25)17-9-18(21-19(29-17)11-28-23(21)32)30-20-7-6-14(10-27-20)31-8-2-3-13(26)12-31/h1,4-7,9-10,13H,2-3,8,11-12,26H2,(H,28,32)(H,27,29,30)/t13-/m0/s1. The molecule has 2 aliphatic rings. The van der Waals surface area contributed by atoms with Gasteiger partial charge in [0.1, 0.15) is 5.82 Å². The molecule has 0 spiro atoms. The number of rotatable bonds is 4. The molecule has 4 heterocycles. The third kappa shape index (κ3) is 3.75. The number of hydrogen-bond acceptors (Lipinski definition) is 6. The highest BCUT2D eigenvalue weighted by Crippen LogP contribution is 2.32. The van der Waals surface area contributed by atoms with E-state index in [1.807, 2.05) is 12.1 Å². The Bertz CT molecular complexity index is 1180. The molecule has 0 unspecified atom stereocenters. The summed E-state index contributed by atoms with van der Waals surface area (Å²) in [7, 11) is 0. The van der Waals surface area contributed by atoms with Crippen LogP contribution >= 0.6 is 0 Å². The first kappa shape index (κ1) is 20.3. The van der Waals surface area contributed by atoms with Gasteiger partial charge in [-0.1, -0.05) is 6.07 Å². The Labute approximate surface area is 183 Å². The van der Waals surface area contributed by atoms with Crippen molar-refractivity contribution < 1.29 is 13.6 Å². The number of carbonyl (C=O) groups is 1. The fraction of sp³-hybridized carbons (Fsp3) is 0.261. The zero-order valence-corrected chi connectivity index (χ0v) is 17.2. The van der Waals surface area contributed by atoms with Gasteiger partial charge in [-0.05, 0) is 43.2 Å². The molecule has 0 saturated carbocycles. The number of aromatic nitrogens is 2. The lowest BCUT2D eigenvalue weighted by atomic mass is 10.1. The summed E-state index contributed by atoms with van der Waals surface area (Å²) in [6, 6.07) is 9.39. The summed E-state index contributed by atoms with van der Waals surface area (Å²) in [6.45, 7) is 1.94. The number of piperidine rings is 1. The molecule has 32 heavy (non-hydrogen) atoms. The molecule has 0 bridgehead atoms. The normalized spacial score (nSPS) is 17.8. The Morgan fingerprint density at radius 2 is 2.09 bits per heavy atom. The molecule has 1 aromatic carbocycles. The van der Waals surface area contributed by atoms with Crippen molar-refractivity contribution in [3.05, 3.63) is 65.5 Å². The Morgan fingerprint density at radius 1 is 1.22 bits per heavy atom. The van der Waals surface area contributed by atoms with Gasteiger partial charge in [0.15, 0.2) is 11.6 Å². The van der Waals surface area contributed by atoms with E-state index in [1.54, 1.807) is 12.3 Å². The number of amides is 1. The fourth-order valence-corrected chi connectivity index (χ4v) is 4.20. The number of nitrogens with two attached hydrogens (primary N) is 1. The van der Waals surface area contributed by atoms with Crippen LogP contribution in [0.3, 0.4) is 0 Å². The highest BCUT2D eigenvalue weighted by molar-refractivity contribution is 6.04. The van der Waals surface area contributed by atoms with Crippen molar-refractivity contribution >= 4 is 23.1 Å². The molecule has 1 saturated heterocycles. The molecule has 9 heteroatoms. The lowest BCUT2D eigenvalue weighted by molar-refractivity contribution is 0.0966. The molecule has 1 fully saturated rings. The third-order valence-corrected chi connectivity index (χ3v) is 5.80. The van der Waals surface area contributed by atoms with Crippen molar-refractivity contribution in [2.75, 3.05) is 23.3 Å². The first-order valence-electron chi connectivity index (χ1n) is 10.5. The van der Waals surface area contributed by atoms with Crippen molar-refractivity contribution in [2.24, 2.45) is 5.73 Å². The van der Waals surface area contributed by atoms with Gasteiger partial charge < -0.3 is 21.3 Å². The largest absolute Gasteiger partial charge is 0.369 e. The van der Waals surface area contributed by atoms with E-state index in [1.165, 1.54) is 12.1 Å². The Morgan fingerprint density at radius 3 is 2.88 bits per heavy atom. The van der Waals surface area contributed by atoms with E-state index >= 15 is 0 Å². The van der Waals surface area contributed by atoms with Gasteiger partial charge in [0.05, 0.1) is 41.1 Å². The smallest absolute Gasteiger partial charge is 0.255 e. The van der Waals surface area contributed by atoms with Gasteiger partial charge in [-0.2, -0.15) is 0 Å². The SMILES string of the molecule is N[C@H]1CCCN(c2ccc(Nc3cc(-c4cccc(F)c4F)nc4c3C(=O)NC4)nc2)C1. The molecule has 1 atom stereocenters. The summed E-state index contributed by atoms with van der Waals surface area (Å²) in [5, 5.41) is 5.87. The predicted octanol–water partition coefficient (Wildman–Crippen LogP) is 3.34. The third-order valence-electron chi connectivity index (χ3n) is 5.80. The molecule has 0 aliphatic carbocycles. The van der Waals surface area contributed by atoms with E-state index in [0.717, 1.165) is 37.7 Å². The van der Waals surface area contributed by atoms with Gasteiger partial charge in [-0.3, -0.25) is 4.79 Å². The number of nitrogens with one attached hydrogen (secondary N) is 2. The van der Waals surface area contributed by atoms with Crippen LogP contribution in [0.25, 0.3) is 11.3 Å². The number of halogens is 2. The molecule has 0 radical (unpaired) electrons. The molecule has 2 aliphatic heterocycles. The lowest BCUT2D eigenvalue weighted by Gasteiger charge is -2.32. The average Bonchev–Trinajstić information content (AvgIpc) is 3.17. The van der Waals surface area contributed by atoms with Crippen LogP contribution in [-0.2, 0) is 6.54 Å². The van der Waals surface area contributed by atoms with E-state index in [0.29, 0.717) is 22.8 Å². The van der Waals surface area contributed by atoms with Crippen LogP contribution in [0.5, 0.6) is 0 Å². The minimum absolute atomic E-state index is 0.0277. The topological polar surface area (TPSA) is 96.2 Å². The zero-order chi connectivity index (χ0) is 22.2. The quantitative estimate of drug-likeness (QED) is 0.581. The maximum atomic E-state index is 14.4. The van der Waals surface area contributed by atoms with Crippen LogP contribution < -0.4 is 21.3 Å². The maximum absolute atomic E-state index is 14.4. The number of nitrogens with zero attached hydrogens (tertiary/aromatic N) is 3. The summed E-state index contributed by atoms with van der Waals surface area (Å²) in [4.78, 5) is 23.4. The summed E-state index contributed by atoms with van der Waals surface area (Å²) >= 11 is 0. The van der Waals surface area contributed by atoms with E-state index in [2.05, 4.69) is 25.5 Å². The molecular weight excluding hydrogens is 414 g/mol. The van der Waals surface area contributed by atoms with E-state index in [9.17, 15) is 13.6 Å². The summed E-state index contributed by atoms with van der Waals surface area (Å²) in [5.41, 5.74) is 8.59. The van der Waals surface area contributed by atoms with Crippen molar-refractivity contribution in [3.8, 4) is 11.3 Å². The number of benzene rings is 1. The van der Waals surface area contributed by atoms with Crippen LogP contribution in [0.1, 0.15) is 28.9 Å². The van der Waals surface area contributed by atoms with Gasteiger partial charge >= 0.3 is 0 Å². The van der Waals surface area contributed by atoms with Gasteiger partial charge in [0, 0.05) is 24.7 Å². The van der Waals surface area contributed by atoms with Crippen LogP contribution in [0, 0.1) is 11.6 Å². The lowest BCUT2D eigenvalue weighted by Crippen LogP contribution is -2.42. The van der Waals surface area contributed by atoms with Crippen LogP contribution in [0.15, 0.2) is 42.6 Å². The molecule has 2 aromatic heterocycles. The van der Waals surface area contributed by atoms with Crippen molar-refractivity contribution in [3.63, 3.8) is 0 Å².